The van der Waals surface area contributed by atoms with Gasteiger partial charge in [0.25, 0.3) is 10.2 Å². The summed E-state index contributed by atoms with van der Waals surface area (Å²) in [4.78, 5) is 8.72. The first kappa shape index (κ1) is 18.1. The number of hydrogen-bond donors (Lipinski definition) is 2. The molecule has 0 saturated heterocycles. The fourth-order valence-electron chi connectivity index (χ4n) is 2.19. The Morgan fingerprint density at radius 2 is 1.87 bits per heavy atom. The third-order valence-corrected chi connectivity index (χ3v) is 5.28. The van der Waals surface area contributed by atoms with E-state index in [1.165, 1.54) is 11.1 Å². The highest BCUT2D eigenvalue weighted by Crippen LogP contribution is 2.27. The van der Waals surface area contributed by atoms with E-state index < -0.39 is 10.2 Å². The van der Waals surface area contributed by atoms with E-state index in [0.29, 0.717) is 6.54 Å². The molecule has 8 heteroatoms. The summed E-state index contributed by atoms with van der Waals surface area (Å²) in [6.45, 7) is 4.56. The maximum absolute atomic E-state index is 10.7. The zero-order chi connectivity index (χ0) is 16.9. The number of nitrogens with one attached hydrogen (secondary N) is 1. The molecular formula is C15H22N4O2S2. The van der Waals surface area contributed by atoms with E-state index in [-0.39, 0.29) is 0 Å². The zero-order valence-electron chi connectivity index (χ0n) is 13.4. The Morgan fingerprint density at radius 1 is 1.13 bits per heavy atom. The largest absolute Gasteiger partial charge is 0.274 e. The number of nitrogens with two attached hydrogens (primary N) is 1. The summed E-state index contributed by atoms with van der Waals surface area (Å²) in [5.74, 6) is 0.939. The van der Waals surface area contributed by atoms with E-state index in [1.54, 1.807) is 18.1 Å². The van der Waals surface area contributed by atoms with Crippen LogP contribution in [0.3, 0.4) is 0 Å². The van der Waals surface area contributed by atoms with Crippen LogP contribution in [0.25, 0.3) is 10.9 Å². The SMILES string of the molecule is Cc1cc2ncnc(SCCCCCNS(N)(=O)=O)c2cc1C. The lowest BCUT2D eigenvalue weighted by Gasteiger charge is -2.07. The number of thioether (sulfide) groups is 1. The topological polar surface area (TPSA) is 98.0 Å². The molecule has 126 valence electrons. The van der Waals surface area contributed by atoms with Gasteiger partial charge in [0.15, 0.2) is 0 Å². The van der Waals surface area contributed by atoms with Gasteiger partial charge in [-0.25, -0.2) is 19.8 Å². The Kier molecular flexibility index (Phi) is 6.34. The number of rotatable bonds is 8. The zero-order valence-corrected chi connectivity index (χ0v) is 15.0. The maximum atomic E-state index is 10.7. The number of benzene rings is 1. The molecule has 2 aromatic rings. The molecule has 3 N–H and O–H groups in total. The number of nitrogens with zero attached hydrogens (tertiary/aromatic N) is 2. The Hall–Kier alpha value is -1.22. The molecule has 0 amide bonds. The second kappa shape index (κ2) is 8.05. The highest BCUT2D eigenvalue weighted by molar-refractivity contribution is 7.99. The lowest BCUT2D eigenvalue weighted by atomic mass is 10.1. The van der Waals surface area contributed by atoms with Crippen LogP contribution in [0.1, 0.15) is 30.4 Å². The summed E-state index contributed by atoms with van der Waals surface area (Å²) in [5, 5.41) is 6.97. The van der Waals surface area contributed by atoms with Gasteiger partial charge in [-0.05, 0) is 55.7 Å². The van der Waals surface area contributed by atoms with Crippen molar-refractivity contribution in [2.45, 2.75) is 38.1 Å². The number of aryl methyl sites for hydroxylation is 2. The molecular weight excluding hydrogens is 332 g/mol. The van der Waals surface area contributed by atoms with Crippen LogP contribution in [0.4, 0.5) is 0 Å². The van der Waals surface area contributed by atoms with Gasteiger partial charge in [0.2, 0.25) is 0 Å². The van der Waals surface area contributed by atoms with Crippen LogP contribution in [-0.2, 0) is 10.2 Å². The summed E-state index contributed by atoms with van der Waals surface area (Å²) in [7, 11) is -3.56. The van der Waals surface area contributed by atoms with Crippen LogP contribution in [0, 0.1) is 13.8 Å². The summed E-state index contributed by atoms with van der Waals surface area (Å²) in [6.07, 6.45) is 4.32. The lowest BCUT2D eigenvalue weighted by Crippen LogP contribution is -2.31. The molecule has 0 bridgehead atoms. The predicted octanol–water partition coefficient (Wildman–Crippen LogP) is 2.30. The van der Waals surface area contributed by atoms with Gasteiger partial charge < -0.3 is 0 Å². The van der Waals surface area contributed by atoms with E-state index in [9.17, 15) is 8.42 Å². The molecule has 0 unspecified atom stereocenters. The summed E-state index contributed by atoms with van der Waals surface area (Å²) in [6, 6.07) is 4.23. The van der Waals surface area contributed by atoms with Crippen molar-refractivity contribution in [3.63, 3.8) is 0 Å². The van der Waals surface area contributed by atoms with E-state index >= 15 is 0 Å². The number of unbranched alkanes of at least 4 members (excludes halogenated alkanes) is 2. The van der Waals surface area contributed by atoms with Crippen LogP contribution < -0.4 is 9.86 Å². The molecule has 1 aromatic carbocycles. The minimum Gasteiger partial charge on any atom is -0.236 e. The first-order chi connectivity index (χ1) is 10.9. The molecule has 1 heterocycles. The average molecular weight is 355 g/mol. The van der Waals surface area contributed by atoms with Crippen molar-refractivity contribution in [2.75, 3.05) is 12.3 Å². The van der Waals surface area contributed by atoms with Crippen molar-refractivity contribution < 1.29 is 8.42 Å². The fraction of sp³-hybridized carbons (Fsp3) is 0.467. The van der Waals surface area contributed by atoms with Gasteiger partial charge in [0, 0.05) is 11.9 Å². The second-order valence-corrected chi connectivity index (χ2v) is 7.94. The standard InChI is InChI=1S/C15H22N4O2S2/c1-11-8-13-14(9-12(11)2)17-10-18-15(13)22-7-5-3-4-6-19-23(16,20)21/h8-10,19H,3-7H2,1-2H3,(H2,16,20,21). The molecule has 0 fully saturated rings. The number of hydrogen-bond acceptors (Lipinski definition) is 5. The molecule has 0 aliphatic heterocycles. The van der Waals surface area contributed by atoms with E-state index in [0.717, 1.165) is 40.9 Å². The second-order valence-electron chi connectivity index (χ2n) is 5.48. The first-order valence-electron chi connectivity index (χ1n) is 7.49. The van der Waals surface area contributed by atoms with Crippen LogP contribution in [0.15, 0.2) is 23.5 Å². The quantitative estimate of drug-likeness (QED) is 0.431. The average Bonchev–Trinajstić information content (AvgIpc) is 2.47. The summed E-state index contributed by atoms with van der Waals surface area (Å²) < 4.78 is 23.7. The van der Waals surface area contributed by atoms with Crippen molar-refractivity contribution >= 4 is 32.9 Å². The van der Waals surface area contributed by atoms with Gasteiger partial charge in [-0.1, -0.05) is 6.42 Å². The summed E-state index contributed by atoms with van der Waals surface area (Å²) in [5.41, 5.74) is 3.45. The predicted molar refractivity (Wildman–Crippen MR) is 94.7 cm³/mol. The Balaban J connectivity index is 1.84. The van der Waals surface area contributed by atoms with E-state index in [4.69, 9.17) is 5.14 Å². The molecule has 0 radical (unpaired) electrons. The molecule has 1 aromatic heterocycles. The molecule has 6 nitrogen and oxygen atoms in total. The van der Waals surface area contributed by atoms with E-state index in [1.807, 2.05) is 0 Å². The van der Waals surface area contributed by atoms with Crippen molar-refractivity contribution in [2.24, 2.45) is 5.14 Å². The molecule has 0 atom stereocenters. The minimum absolute atomic E-state index is 0.387. The Morgan fingerprint density at radius 3 is 2.61 bits per heavy atom. The van der Waals surface area contributed by atoms with E-state index in [2.05, 4.69) is 40.7 Å². The molecule has 0 saturated carbocycles. The van der Waals surface area contributed by atoms with Gasteiger partial charge in [0.1, 0.15) is 11.4 Å². The van der Waals surface area contributed by atoms with Crippen molar-refractivity contribution in [1.29, 1.82) is 0 Å². The Labute approximate surface area is 141 Å². The van der Waals surface area contributed by atoms with Gasteiger partial charge in [-0.3, -0.25) is 0 Å². The monoisotopic (exact) mass is 354 g/mol. The highest BCUT2D eigenvalue weighted by atomic mass is 32.2. The number of aromatic nitrogens is 2. The van der Waals surface area contributed by atoms with Crippen molar-refractivity contribution in [1.82, 2.24) is 14.7 Å². The number of fused-ring (bicyclic) bond motifs is 1. The highest BCUT2D eigenvalue weighted by Gasteiger charge is 2.06. The molecule has 0 aliphatic rings. The van der Waals surface area contributed by atoms with Crippen molar-refractivity contribution in [3.8, 4) is 0 Å². The third-order valence-electron chi connectivity index (χ3n) is 3.58. The lowest BCUT2D eigenvalue weighted by molar-refractivity contribution is 0.578. The molecule has 2 rings (SSSR count). The third kappa shape index (κ3) is 5.72. The van der Waals surface area contributed by atoms with Gasteiger partial charge in [-0.15, -0.1) is 11.8 Å². The normalized spacial score (nSPS) is 12.0. The van der Waals surface area contributed by atoms with Crippen LogP contribution >= 0.6 is 11.8 Å². The molecule has 0 spiro atoms. The Bertz CT molecular complexity index is 778. The first-order valence-corrected chi connectivity index (χ1v) is 10.0. The molecule has 23 heavy (non-hydrogen) atoms. The van der Waals surface area contributed by atoms with Gasteiger partial charge in [-0.2, -0.15) is 8.42 Å². The van der Waals surface area contributed by atoms with Crippen LogP contribution in [0.2, 0.25) is 0 Å². The van der Waals surface area contributed by atoms with Gasteiger partial charge >= 0.3 is 0 Å². The van der Waals surface area contributed by atoms with Crippen LogP contribution in [-0.4, -0.2) is 30.7 Å². The minimum atomic E-state index is -3.56. The summed E-state index contributed by atoms with van der Waals surface area (Å²) >= 11 is 1.71. The van der Waals surface area contributed by atoms with Crippen LogP contribution in [0.5, 0.6) is 0 Å². The molecule has 0 aliphatic carbocycles. The smallest absolute Gasteiger partial charge is 0.236 e. The fourth-order valence-corrected chi connectivity index (χ4v) is 3.61. The van der Waals surface area contributed by atoms with Crippen molar-refractivity contribution in [3.05, 3.63) is 29.6 Å². The maximum Gasteiger partial charge on any atom is 0.274 e. The van der Waals surface area contributed by atoms with Gasteiger partial charge in [0.05, 0.1) is 5.52 Å².